The molecule has 1 heterocycles. The van der Waals surface area contributed by atoms with Crippen LogP contribution in [-0.4, -0.2) is 47.0 Å². The molecule has 5 heteroatoms. The van der Waals surface area contributed by atoms with Crippen LogP contribution >= 0.6 is 0 Å². The van der Waals surface area contributed by atoms with Crippen LogP contribution in [0.1, 0.15) is 43.4 Å². The van der Waals surface area contributed by atoms with Crippen LogP contribution < -0.4 is 0 Å². The van der Waals surface area contributed by atoms with E-state index in [4.69, 9.17) is 14.2 Å². The normalized spacial score (nSPS) is 23.7. The summed E-state index contributed by atoms with van der Waals surface area (Å²) in [6.07, 6.45) is 0.439. The average Bonchev–Trinajstić information content (AvgIpc) is 3.70. The van der Waals surface area contributed by atoms with Crippen LogP contribution in [0.15, 0.2) is 91.0 Å². The maximum absolute atomic E-state index is 12.1. The maximum atomic E-state index is 12.1. The molecule has 35 heavy (non-hydrogen) atoms. The molecule has 5 nitrogen and oxygen atoms in total. The second-order valence-electron chi connectivity index (χ2n) is 10.1. The number of aliphatic hydroxyl groups excluding tert-OH is 1. The van der Waals surface area contributed by atoms with Gasteiger partial charge in [-0.3, -0.25) is 0 Å². The molecular formula is C30H34O5. The highest BCUT2D eigenvalue weighted by molar-refractivity contribution is 5.47. The fourth-order valence-corrected chi connectivity index (χ4v) is 5.40. The molecule has 0 spiro atoms. The molecule has 2 N–H and O–H groups in total. The summed E-state index contributed by atoms with van der Waals surface area (Å²) in [6.45, 7) is 3.42. The van der Waals surface area contributed by atoms with Crippen molar-refractivity contribution < 1.29 is 24.4 Å². The Bertz CT molecular complexity index is 1000. The highest BCUT2D eigenvalue weighted by Crippen LogP contribution is 2.49. The number of ether oxygens (including phenoxy) is 3. The van der Waals surface area contributed by atoms with Gasteiger partial charge in [-0.2, -0.15) is 0 Å². The van der Waals surface area contributed by atoms with Crippen molar-refractivity contribution in [3.63, 3.8) is 0 Å². The quantitative estimate of drug-likeness (QED) is 0.442. The summed E-state index contributed by atoms with van der Waals surface area (Å²) < 4.78 is 19.1. The van der Waals surface area contributed by atoms with E-state index in [2.05, 4.69) is 36.4 Å². The molecule has 1 saturated carbocycles. The van der Waals surface area contributed by atoms with E-state index in [1.807, 2.05) is 68.4 Å². The van der Waals surface area contributed by atoms with E-state index >= 15 is 0 Å². The fourth-order valence-electron chi connectivity index (χ4n) is 5.40. The van der Waals surface area contributed by atoms with Gasteiger partial charge in [-0.15, -0.1) is 0 Å². The highest BCUT2D eigenvalue weighted by atomic mass is 16.8. The van der Waals surface area contributed by atoms with E-state index in [1.54, 1.807) is 0 Å². The monoisotopic (exact) mass is 474 g/mol. The van der Waals surface area contributed by atoms with Gasteiger partial charge in [0.2, 0.25) is 0 Å². The summed E-state index contributed by atoms with van der Waals surface area (Å²) in [7, 11) is 0. The second kappa shape index (κ2) is 9.49. The van der Waals surface area contributed by atoms with Gasteiger partial charge in [0, 0.05) is 0 Å². The first kappa shape index (κ1) is 24.2. The standard InChI is InChI=1S/C30H34O5/c1-28(2)34-26(20-31)27(35-28)29(32,22-18-19-22)21-33-30(23-12-6-3-7-13-23,24-14-8-4-9-15-24)25-16-10-5-11-17-25/h3-17,22,26-27,31-32H,18-21H2,1-2H3/t26-,27-,29-/m0/s1. The first-order chi connectivity index (χ1) is 16.9. The minimum absolute atomic E-state index is 0.0130. The van der Waals surface area contributed by atoms with E-state index in [0.29, 0.717) is 0 Å². The van der Waals surface area contributed by atoms with E-state index in [0.717, 1.165) is 29.5 Å². The predicted molar refractivity (Wildman–Crippen MR) is 134 cm³/mol. The largest absolute Gasteiger partial charge is 0.394 e. The zero-order valence-electron chi connectivity index (χ0n) is 20.3. The average molecular weight is 475 g/mol. The zero-order chi connectivity index (χ0) is 24.5. The molecule has 0 radical (unpaired) electrons. The van der Waals surface area contributed by atoms with Crippen molar-refractivity contribution >= 4 is 0 Å². The molecule has 1 saturated heterocycles. The van der Waals surface area contributed by atoms with Gasteiger partial charge in [0.05, 0.1) is 13.2 Å². The Balaban J connectivity index is 1.60. The van der Waals surface area contributed by atoms with Gasteiger partial charge in [-0.25, -0.2) is 0 Å². The Labute approximate surface area is 207 Å². The number of aliphatic hydroxyl groups is 2. The smallest absolute Gasteiger partial charge is 0.164 e. The molecule has 0 bridgehead atoms. The lowest BCUT2D eigenvalue weighted by molar-refractivity contribution is -0.196. The Morgan fingerprint density at radius 1 is 0.800 bits per heavy atom. The molecule has 0 aromatic heterocycles. The van der Waals surface area contributed by atoms with Crippen molar-refractivity contribution in [2.45, 2.75) is 55.9 Å². The van der Waals surface area contributed by atoms with Gasteiger partial charge in [-0.1, -0.05) is 91.0 Å². The number of benzene rings is 3. The Hall–Kier alpha value is -2.54. The molecule has 184 valence electrons. The van der Waals surface area contributed by atoms with Crippen molar-refractivity contribution in [3.8, 4) is 0 Å². The van der Waals surface area contributed by atoms with Crippen molar-refractivity contribution in [1.82, 2.24) is 0 Å². The SMILES string of the molecule is CC1(C)O[C@@H](CO)[C@@H]([C@](O)(COC(c2ccccc2)(c2ccccc2)c2ccccc2)C2CC2)O1. The molecule has 1 aliphatic heterocycles. The van der Waals surface area contributed by atoms with Gasteiger partial charge in [0.1, 0.15) is 23.4 Å². The Kier molecular flexibility index (Phi) is 6.55. The second-order valence-corrected chi connectivity index (χ2v) is 10.1. The van der Waals surface area contributed by atoms with E-state index in [-0.39, 0.29) is 19.1 Å². The Morgan fingerprint density at radius 2 is 1.26 bits per heavy atom. The Morgan fingerprint density at radius 3 is 1.66 bits per heavy atom. The summed E-state index contributed by atoms with van der Waals surface area (Å²) in [5, 5.41) is 22.2. The number of hydrogen-bond acceptors (Lipinski definition) is 5. The predicted octanol–water partition coefficient (Wildman–Crippen LogP) is 4.65. The van der Waals surface area contributed by atoms with Crippen LogP contribution in [0.4, 0.5) is 0 Å². The summed E-state index contributed by atoms with van der Waals surface area (Å²) in [6, 6.07) is 30.4. The van der Waals surface area contributed by atoms with Crippen LogP contribution in [0.2, 0.25) is 0 Å². The summed E-state index contributed by atoms with van der Waals surface area (Å²) in [5.74, 6) is -0.880. The van der Waals surface area contributed by atoms with E-state index in [1.165, 1.54) is 0 Å². The van der Waals surface area contributed by atoms with Crippen molar-refractivity contribution in [2.24, 2.45) is 5.92 Å². The molecule has 3 aromatic rings. The first-order valence-corrected chi connectivity index (χ1v) is 12.4. The van der Waals surface area contributed by atoms with Crippen LogP contribution in [0.5, 0.6) is 0 Å². The molecule has 2 fully saturated rings. The van der Waals surface area contributed by atoms with Gasteiger partial charge in [-0.05, 0) is 49.3 Å². The third kappa shape index (κ3) is 4.55. The number of hydrogen-bond donors (Lipinski definition) is 2. The van der Waals surface area contributed by atoms with Gasteiger partial charge in [0.15, 0.2) is 5.79 Å². The highest BCUT2D eigenvalue weighted by Gasteiger charge is 2.59. The van der Waals surface area contributed by atoms with Crippen LogP contribution in [0, 0.1) is 5.92 Å². The summed E-state index contributed by atoms with van der Waals surface area (Å²) >= 11 is 0. The summed E-state index contributed by atoms with van der Waals surface area (Å²) in [4.78, 5) is 0. The molecule has 3 atom stereocenters. The third-order valence-electron chi connectivity index (χ3n) is 7.20. The lowest BCUT2D eigenvalue weighted by Gasteiger charge is -2.41. The molecule has 1 aliphatic carbocycles. The van der Waals surface area contributed by atoms with Gasteiger partial charge >= 0.3 is 0 Å². The molecule has 3 aromatic carbocycles. The molecule has 5 rings (SSSR count). The topological polar surface area (TPSA) is 68.2 Å². The van der Waals surface area contributed by atoms with Crippen molar-refractivity contribution in [1.29, 1.82) is 0 Å². The van der Waals surface area contributed by atoms with Crippen LogP contribution in [0.25, 0.3) is 0 Å². The van der Waals surface area contributed by atoms with E-state index in [9.17, 15) is 10.2 Å². The van der Waals surface area contributed by atoms with Crippen molar-refractivity contribution in [3.05, 3.63) is 108 Å². The number of rotatable bonds is 9. The minimum Gasteiger partial charge on any atom is -0.394 e. The first-order valence-electron chi connectivity index (χ1n) is 12.4. The van der Waals surface area contributed by atoms with E-state index < -0.39 is 29.2 Å². The lowest BCUT2D eigenvalue weighted by atomic mass is 9.79. The van der Waals surface area contributed by atoms with Crippen LogP contribution in [0.3, 0.4) is 0 Å². The molecule has 2 aliphatic rings. The van der Waals surface area contributed by atoms with Crippen LogP contribution in [-0.2, 0) is 19.8 Å². The van der Waals surface area contributed by atoms with Crippen molar-refractivity contribution in [2.75, 3.05) is 13.2 Å². The molecule has 0 unspecified atom stereocenters. The van der Waals surface area contributed by atoms with Gasteiger partial charge < -0.3 is 24.4 Å². The molecule has 0 amide bonds. The van der Waals surface area contributed by atoms with Gasteiger partial charge in [0.25, 0.3) is 0 Å². The molecular weight excluding hydrogens is 440 g/mol. The zero-order valence-corrected chi connectivity index (χ0v) is 20.3. The summed E-state index contributed by atoms with van der Waals surface area (Å²) in [5.41, 5.74) is 0.649. The minimum atomic E-state index is -1.31. The third-order valence-corrected chi connectivity index (χ3v) is 7.20. The maximum Gasteiger partial charge on any atom is 0.164 e. The lowest BCUT2D eigenvalue weighted by Crippen LogP contribution is -2.55. The fraction of sp³-hybridized carbons (Fsp3) is 0.400.